The van der Waals surface area contributed by atoms with E-state index in [2.05, 4.69) is 6.07 Å². The van der Waals surface area contributed by atoms with E-state index in [1.165, 1.54) is 29.7 Å². The lowest BCUT2D eigenvalue weighted by Gasteiger charge is -2.10. The fourth-order valence-corrected chi connectivity index (χ4v) is 2.54. The monoisotopic (exact) mass is 277 g/mol. The first-order valence-corrected chi connectivity index (χ1v) is 6.55. The number of nitrogen functional groups attached to an aromatic ring is 1. The van der Waals surface area contributed by atoms with Crippen LogP contribution in [0.25, 0.3) is 0 Å². The Balaban J connectivity index is 1.91. The van der Waals surface area contributed by atoms with Gasteiger partial charge in [-0.3, -0.25) is 0 Å². The van der Waals surface area contributed by atoms with Crippen LogP contribution in [-0.4, -0.2) is 0 Å². The summed E-state index contributed by atoms with van der Waals surface area (Å²) in [4.78, 5) is 0. The Morgan fingerprint density at radius 1 is 1.11 bits per heavy atom. The number of hydrogen-bond acceptors (Lipinski definition) is 2. The molecule has 0 saturated carbocycles. The lowest BCUT2D eigenvalue weighted by atomic mass is 10.1. The van der Waals surface area contributed by atoms with Gasteiger partial charge in [0.15, 0.2) is 5.75 Å². The maximum absolute atomic E-state index is 13.4. The van der Waals surface area contributed by atoms with E-state index in [0.29, 0.717) is 17.2 Å². The van der Waals surface area contributed by atoms with E-state index in [-0.39, 0.29) is 5.02 Å². The van der Waals surface area contributed by atoms with Crippen molar-refractivity contribution in [3.05, 3.63) is 52.3 Å². The molecule has 0 aromatic heterocycles. The largest absolute Gasteiger partial charge is 0.455 e. The van der Waals surface area contributed by atoms with Crippen LogP contribution in [0.1, 0.15) is 17.5 Å². The van der Waals surface area contributed by atoms with Gasteiger partial charge in [-0.05, 0) is 48.6 Å². The van der Waals surface area contributed by atoms with Crippen molar-refractivity contribution in [2.45, 2.75) is 19.3 Å². The van der Waals surface area contributed by atoms with Gasteiger partial charge in [0, 0.05) is 6.07 Å². The SMILES string of the molecule is Nc1cc(Cl)c(F)cc1Oc1ccc2c(c1)CCC2. The third kappa shape index (κ3) is 2.38. The summed E-state index contributed by atoms with van der Waals surface area (Å²) >= 11 is 5.66. The Bertz CT molecular complexity index is 642. The maximum atomic E-state index is 13.4. The number of benzene rings is 2. The van der Waals surface area contributed by atoms with Crippen molar-refractivity contribution < 1.29 is 9.13 Å². The molecule has 19 heavy (non-hydrogen) atoms. The van der Waals surface area contributed by atoms with Gasteiger partial charge in [0.25, 0.3) is 0 Å². The minimum atomic E-state index is -0.535. The smallest absolute Gasteiger partial charge is 0.153 e. The molecule has 2 aromatic carbocycles. The molecule has 2 N–H and O–H groups in total. The number of hydrogen-bond donors (Lipinski definition) is 1. The number of fused-ring (bicyclic) bond motifs is 1. The van der Waals surface area contributed by atoms with Crippen LogP contribution in [0.3, 0.4) is 0 Å². The first kappa shape index (κ1) is 12.3. The molecule has 1 aliphatic rings. The summed E-state index contributed by atoms with van der Waals surface area (Å²) in [5, 5.41) is -0.00111. The van der Waals surface area contributed by atoms with Crippen LogP contribution in [0.5, 0.6) is 11.5 Å². The highest BCUT2D eigenvalue weighted by molar-refractivity contribution is 6.31. The van der Waals surface area contributed by atoms with E-state index >= 15 is 0 Å². The first-order chi connectivity index (χ1) is 9.13. The molecule has 0 radical (unpaired) electrons. The molecule has 0 atom stereocenters. The van der Waals surface area contributed by atoms with Gasteiger partial charge in [0.2, 0.25) is 0 Å². The fraction of sp³-hybridized carbons (Fsp3) is 0.200. The quantitative estimate of drug-likeness (QED) is 0.829. The van der Waals surface area contributed by atoms with Gasteiger partial charge in [-0.2, -0.15) is 0 Å². The van der Waals surface area contributed by atoms with Crippen LogP contribution in [0.4, 0.5) is 10.1 Å². The molecule has 3 rings (SSSR count). The minimum absolute atomic E-state index is 0.00111. The summed E-state index contributed by atoms with van der Waals surface area (Å²) < 4.78 is 19.1. The summed E-state index contributed by atoms with van der Waals surface area (Å²) in [6, 6.07) is 8.51. The Morgan fingerprint density at radius 3 is 2.74 bits per heavy atom. The second-order valence-corrected chi connectivity index (χ2v) is 5.10. The molecule has 0 bridgehead atoms. The molecule has 0 heterocycles. The highest BCUT2D eigenvalue weighted by atomic mass is 35.5. The zero-order chi connectivity index (χ0) is 13.4. The molecule has 0 amide bonds. The van der Waals surface area contributed by atoms with Crippen LogP contribution in [0, 0.1) is 5.82 Å². The number of rotatable bonds is 2. The third-order valence-corrected chi connectivity index (χ3v) is 3.64. The van der Waals surface area contributed by atoms with Crippen LogP contribution in [-0.2, 0) is 12.8 Å². The van der Waals surface area contributed by atoms with E-state index in [9.17, 15) is 4.39 Å². The second kappa shape index (κ2) is 4.74. The Kier molecular flexibility index (Phi) is 3.07. The van der Waals surface area contributed by atoms with Crippen molar-refractivity contribution in [3.8, 4) is 11.5 Å². The lowest BCUT2D eigenvalue weighted by molar-refractivity contribution is 0.478. The fourth-order valence-electron chi connectivity index (χ4n) is 2.37. The molecule has 0 spiro atoms. The van der Waals surface area contributed by atoms with Crippen LogP contribution in [0.2, 0.25) is 5.02 Å². The second-order valence-electron chi connectivity index (χ2n) is 4.69. The Hall–Kier alpha value is -1.74. The predicted molar refractivity (Wildman–Crippen MR) is 74.4 cm³/mol. The third-order valence-electron chi connectivity index (χ3n) is 3.35. The molecule has 2 aromatic rings. The summed E-state index contributed by atoms with van der Waals surface area (Å²) in [5.41, 5.74) is 8.76. The normalized spacial score (nSPS) is 13.4. The van der Waals surface area contributed by atoms with Crippen molar-refractivity contribution in [2.75, 3.05) is 5.73 Å². The standard InChI is InChI=1S/C15H13ClFNO/c16-12-7-14(18)15(8-13(12)17)19-11-5-4-9-2-1-3-10(9)6-11/h4-8H,1-3,18H2. The molecular weight excluding hydrogens is 265 g/mol. The number of anilines is 1. The highest BCUT2D eigenvalue weighted by Crippen LogP contribution is 2.33. The van der Waals surface area contributed by atoms with Gasteiger partial charge in [0.1, 0.15) is 11.6 Å². The Morgan fingerprint density at radius 2 is 1.89 bits per heavy atom. The molecule has 0 fully saturated rings. The van der Waals surface area contributed by atoms with E-state index < -0.39 is 5.82 Å². The summed E-state index contributed by atoms with van der Waals surface area (Å²) in [6.07, 6.45) is 3.36. The average molecular weight is 278 g/mol. The number of ether oxygens (including phenoxy) is 1. The molecular formula is C15H13ClFNO. The van der Waals surface area contributed by atoms with Crippen molar-refractivity contribution in [2.24, 2.45) is 0 Å². The molecule has 0 unspecified atom stereocenters. The minimum Gasteiger partial charge on any atom is -0.455 e. The van der Waals surface area contributed by atoms with Crippen LogP contribution >= 0.6 is 11.6 Å². The van der Waals surface area contributed by atoms with Gasteiger partial charge in [-0.25, -0.2) is 4.39 Å². The van der Waals surface area contributed by atoms with Crippen molar-refractivity contribution in [1.82, 2.24) is 0 Å². The van der Waals surface area contributed by atoms with Crippen molar-refractivity contribution >= 4 is 17.3 Å². The lowest BCUT2D eigenvalue weighted by Crippen LogP contribution is -1.94. The topological polar surface area (TPSA) is 35.2 Å². The first-order valence-electron chi connectivity index (χ1n) is 6.17. The molecule has 0 saturated heterocycles. The number of aryl methyl sites for hydroxylation is 2. The Labute approximate surface area is 115 Å². The van der Waals surface area contributed by atoms with Crippen LogP contribution < -0.4 is 10.5 Å². The summed E-state index contributed by atoms with van der Waals surface area (Å²) in [7, 11) is 0. The molecule has 98 valence electrons. The summed E-state index contributed by atoms with van der Waals surface area (Å²) in [6.45, 7) is 0. The number of halogens is 2. The molecule has 2 nitrogen and oxygen atoms in total. The van der Waals surface area contributed by atoms with Crippen molar-refractivity contribution in [1.29, 1.82) is 0 Å². The molecule has 1 aliphatic carbocycles. The van der Waals surface area contributed by atoms with Gasteiger partial charge in [0.05, 0.1) is 10.7 Å². The van der Waals surface area contributed by atoms with Gasteiger partial charge < -0.3 is 10.5 Å². The van der Waals surface area contributed by atoms with Crippen LogP contribution in [0.15, 0.2) is 30.3 Å². The van der Waals surface area contributed by atoms with Gasteiger partial charge in [-0.15, -0.1) is 0 Å². The predicted octanol–water partition coefficient (Wildman–Crippen LogP) is 4.34. The van der Waals surface area contributed by atoms with E-state index in [1.807, 2.05) is 12.1 Å². The molecule has 4 heteroatoms. The van der Waals surface area contributed by atoms with E-state index in [0.717, 1.165) is 12.8 Å². The van der Waals surface area contributed by atoms with E-state index in [4.69, 9.17) is 22.1 Å². The zero-order valence-corrected chi connectivity index (χ0v) is 11.0. The van der Waals surface area contributed by atoms with Crippen molar-refractivity contribution in [3.63, 3.8) is 0 Å². The average Bonchev–Trinajstić information content (AvgIpc) is 2.83. The number of nitrogens with two attached hydrogens (primary N) is 1. The highest BCUT2D eigenvalue weighted by Gasteiger charge is 2.13. The zero-order valence-electron chi connectivity index (χ0n) is 10.2. The van der Waals surface area contributed by atoms with Gasteiger partial charge in [-0.1, -0.05) is 17.7 Å². The summed E-state index contributed by atoms with van der Waals surface area (Å²) in [5.74, 6) is 0.431. The maximum Gasteiger partial charge on any atom is 0.153 e. The molecule has 0 aliphatic heterocycles. The van der Waals surface area contributed by atoms with E-state index in [1.54, 1.807) is 0 Å². The van der Waals surface area contributed by atoms with Gasteiger partial charge >= 0.3 is 0 Å².